The maximum absolute atomic E-state index is 13.8. The van der Waals surface area contributed by atoms with E-state index in [0.29, 0.717) is 38.1 Å². The van der Waals surface area contributed by atoms with Gasteiger partial charge in [-0.3, -0.25) is 71.9 Å². The lowest BCUT2D eigenvalue weighted by atomic mass is 10.0. The summed E-state index contributed by atoms with van der Waals surface area (Å²) in [6, 6.07) is -11.2. The number of primary amides is 2. The molecule has 0 unspecified atom stereocenters. The summed E-state index contributed by atoms with van der Waals surface area (Å²) in [6.07, 6.45) is 21.1. The Morgan fingerprint density at radius 2 is 0.804 bits per heavy atom. The van der Waals surface area contributed by atoms with Crippen molar-refractivity contribution in [2.45, 2.75) is 230 Å². The first-order chi connectivity index (χ1) is 51.3. The van der Waals surface area contributed by atoms with Crippen LogP contribution in [0.15, 0.2) is 12.5 Å². The predicted octanol–water partition coefficient (Wildman–Crippen LogP) is -3.34. The van der Waals surface area contributed by atoms with Gasteiger partial charge in [0.25, 0.3) is 0 Å². The van der Waals surface area contributed by atoms with Crippen LogP contribution in [-0.4, -0.2) is 260 Å². The molecular weight excluding hydrogens is 1410 g/mol. The first-order valence-corrected chi connectivity index (χ1v) is 36.9. The van der Waals surface area contributed by atoms with Crippen molar-refractivity contribution in [3.63, 3.8) is 0 Å². The highest BCUT2D eigenvalue weighted by atomic mass is 16.5. The summed E-state index contributed by atoms with van der Waals surface area (Å²) in [6.45, 7) is -0.570. The summed E-state index contributed by atoms with van der Waals surface area (Å²) in [5, 5.41) is 65.3. The molecule has 7 atom stereocenters. The van der Waals surface area contributed by atoms with E-state index >= 15 is 0 Å². The van der Waals surface area contributed by atoms with Crippen LogP contribution in [0.25, 0.3) is 0 Å². The van der Waals surface area contributed by atoms with E-state index in [1.54, 1.807) is 0 Å². The zero-order valence-electron chi connectivity index (χ0n) is 62.0. The Bertz CT molecular complexity index is 2820. The molecule has 20 N–H and O–H groups in total. The third-order valence-electron chi connectivity index (χ3n) is 16.4. The van der Waals surface area contributed by atoms with Gasteiger partial charge in [0.05, 0.1) is 84.1 Å². The number of nitrogens with two attached hydrogens (primary N) is 2. The number of carbonyl (C=O) groups excluding carboxylic acids is 14. The van der Waals surface area contributed by atoms with E-state index < -0.39 is 178 Å². The van der Waals surface area contributed by atoms with E-state index in [1.807, 2.05) is 6.92 Å². The SMILES string of the molecule is CCCC[C@H](NC(=O)CCNC(=O)[C@H](Cc1c[nH]cn1)NC(=O)[C@H](CCC(N)=O)NC(=O)[C@H](CO)NC(=O)[C@H](CO)NC(=O)[C@H](CCC(N)=O)NC(=O)[C@@H](CO)NC(=O)CNC(=O)COCCOCCNC(=O)COCCOCCNC(=O)CCCCCCCCCCCCCCCCCCC(=O)O)C(C)=O. The van der Waals surface area contributed by atoms with Crippen molar-refractivity contribution in [1.82, 2.24) is 68.5 Å². The molecular formula is C69H119N15O23. The lowest BCUT2D eigenvalue weighted by Gasteiger charge is -2.26. The predicted molar refractivity (Wildman–Crippen MR) is 385 cm³/mol. The van der Waals surface area contributed by atoms with Crippen LogP contribution in [0.2, 0.25) is 0 Å². The normalized spacial score (nSPS) is 13.0. The van der Waals surface area contributed by atoms with Gasteiger partial charge in [-0.05, 0) is 39.0 Å². The number of aliphatic hydroxyl groups excluding tert-OH is 3. The van der Waals surface area contributed by atoms with E-state index in [2.05, 4.69) is 68.5 Å². The lowest BCUT2D eigenvalue weighted by molar-refractivity contribution is -0.137. The number of hydrogen-bond acceptors (Lipinski definition) is 23. The molecule has 0 saturated heterocycles. The molecule has 0 aliphatic heterocycles. The minimum Gasteiger partial charge on any atom is -0.481 e. The van der Waals surface area contributed by atoms with Gasteiger partial charge in [0.15, 0.2) is 5.78 Å². The minimum atomic E-state index is -1.95. The molecule has 1 aromatic rings. The Labute approximate surface area is 624 Å². The molecule has 0 aliphatic carbocycles. The highest BCUT2D eigenvalue weighted by Gasteiger charge is 2.34. The van der Waals surface area contributed by atoms with Gasteiger partial charge in [0.2, 0.25) is 76.8 Å². The smallest absolute Gasteiger partial charge is 0.303 e. The van der Waals surface area contributed by atoms with Crippen molar-refractivity contribution in [2.75, 3.05) is 98.9 Å². The molecule has 0 aromatic carbocycles. The Hall–Kier alpha value is -8.82. The Morgan fingerprint density at radius 1 is 0.402 bits per heavy atom. The minimum absolute atomic E-state index is 0.0158. The molecule has 608 valence electrons. The van der Waals surface area contributed by atoms with Crippen LogP contribution in [0, 0.1) is 0 Å². The maximum Gasteiger partial charge on any atom is 0.303 e. The number of unbranched alkanes of at least 4 members (excludes halogenated alkanes) is 16. The zero-order valence-corrected chi connectivity index (χ0v) is 62.0. The highest BCUT2D eigenvalue weighted by molar-refractivity contribution is 5.98. The van der Waals surface area contributed by atoms with Gasteiger partial charge < -0.3 is 114 Å². The molecule has 0 spiro atoms. The van der Waals surface area contributed by atoms with Crippen molar-refractivity contribution in [2.24, 2.45) is 11.5 Å². The molecule has 1 heterocycles. The second-order valence-electron chi connectivity index (χ2n) is 25.5. The summed E-state index contributed by atoms with van der Waals surface area (Å²) in [5.74, 6) is -12.4. The van der Waals surface area contributed by atoms with Gasteiger partial charge >= 0.3 is 5.97 Å². The monoisotopic (exact) mass is 1530 g/mol. The molecule has 1 aromatic heterocycles. The number of amides is 13. The summed E-state index contributed by atoms with van der Waals surface area (Å²) in [5.41, 5.74) is 10.9. The molecule has 107 heavy (non-hydrogen) atoms. The molecule has 0 aliphatic rings. The van der Waals surface area contributed by atoms with Crippen LogP contribution >= 0.6 is 0 Å². The molecule has 38 heteroatoms. The van der Waals surface area contributed by atoms with Crippen LogP contribution in [0.3, 0.4) is 0 Å². The largest absolute Gasteiger partial charge is 0.481 e. The van der Waals surface area contributed by atoms with Gasteiger partial charge in [-0.2, -0.15) is 0 Å². The second-order valence-corrected chi connectivity index (χ2v) is 25.5. The number of carboxylic acids is 1. The standard InChI is InChI=1S/C69H119N15O23/c1-3-4-21-49(47(2)88)78-59(92)28-29-75-64(98)52(38-48-39-72-46-77-48)82-65(99)50(24-26-56(70)89)81-68(102)54(42-86)84-69(103)55(43-87)83-66(100)51(25-27-57(71)90)80-67(101)53(41-85)79-60(93)40-76-62(95)45-107-37-35-105-33-31-74-61(94)44-106-36-34-104-32-30-73-58(91)22-19-17-15-13-11-9-7-5-6-8-10-12-14-16-18-20-23-63(96)97/h39,46,49-55,85-87H,3-38,40-45H2,1-2H3,(H2,70,89)(H2,71,90)(H,72,77)(H,73,91)(H,74,94)(H,75,98)(H,76,95)(H,78,92)(H,79,93)(H,80,101)(H,81,102)(H,82,99)(H,83,100)(H,84,103)(H,96,97)/t49-,50-,51-,52-,53+,54-,55-/m0/s1. The summed E-state index contributed by atoms with van der Waals surface area (Å²) < 4.78 is 21.4. The topological polar surface area (TPSA) is 587 Å². The van der Waals surface area contributed by atoms with E-state index in [1.165, 1.54) is 83.7 Å². The number of H-pyrrole nitrogens is 1. The van der Waals surface area contributed by atoms with Crippen molar-refractivity contribution in [3.05, 3.63) is 18.2 Å². The number of aromatic amines is 1. The number of ketones is 1. The fourth-order valence-electron chi connectivity index (χ4n) is 10.3. The van der Waals surface area contributed by atoms with Crippen LogP contribution in [-0.2, 0) is 97.3 Å². The van der Waals surface area contributed by atoms with Gasteiger partial charge in [-0.25, -0.2) is 4.98 Å². The van der Waals surface area contributed by atoms with Crippen molar-refractivity contribution >= 4 is 88.5 Å². The molecule has 0 radical (unpaired) electrons. The average molecular weight is 1530 g/mol. The van der Waals surface area contributed by atoms with Crippen LogP contribution < -0.4 is 70.0 Å². The Balaban J connectivity index is 2.49. The molecule has 1 rings (SSSR count). The third kappa shape index (κ3) is 50.4. The Kier molecular flexibility index (Phi) is 55.0. The zero-order chi connectivity index (χ0) is 79.4. The van der Waals surface area contributed by atoms with Crippen molar-refractivity contribution < 1.29 is 111 Å². The van der Waals surface area contributed by atoms with E-state index in [-0.39, 0.29) is 83.7 Å². The quantitative estimate of drug-likeness (QED) is 0.0284. The number of rotatable bonds is 68. The molecule has 13 amide bonds. The Morgan fingerprint density at radius 3 is 1.23 bits per heavy atom. The van der Waals surface area contributed by atoms with Crippen LogP contribution in [0.5, 0.6) is 0 Å². The lowest BCUT2D eigenvalue weighted by Crippen LogP contribution is -2.61. The number of aromatic nitrogens is 2. The first-order valence-electron chi connectivity index (χ1n) is 36.9. The second kappa shape index (κ2) is 61.2. The van der Waals surface area contributed by atoms with E-state index in [9.17, 15) is 87.2 Å². The highest BCUT2D eigenvalue weighted by Crippen LogP contribution is 2.15. The number of aliphatic hydroxyl groups is 3. The summed E-state index contributed by atoms with van der Waals surface area (Å²) in [4.78, 5) is 196. The fourth-order valence-corrected chi connectivity index (χ4v) is 10.3. The number of carbonyl (C=O) groups is 15. The van der Waals surface area contributed by atoms with Crippen molar-refractivity contribution in [1.29, 1.82) is 0 Å². The average Bonchev–Trinajstić information content (AvgIpc) is 1.35. The number of aliphatic carboxylic acids is 1. The number of nitrogens with zero attached hydrogens (tertiary/aromatic N) is 1. The molecule has 0 fully saturated rings. The van der Waals surface area contributed by atoms with Crippen LogP contribution in [0.4, 0.5) is 0 Å². The number of hydrogen-bond donors (Lipinski definition) is 18. The van der Waals surface area contributed by atoms with E-state index in [4.69, 9.17) is 35.5 Å². The molecule has 38 nitrogen and oxygen atoms in total. The van der Waals surface area contributed by atoms with E-state index in [0.717, 1.165) is 44.9 Å². The molecule has 0 bridgehead atoms. The number of nitrogens with one attached hydrogen (secondary N) is 12. The number of carboxylic acid groups (broad SMARTS) is 1. The first kappa shape index (κ1) is 96.2. The molecule has 0 saturated carbocycles. The number of Topliss-reactive ketones (excluding diaryl/α,β-unsaturated/α-hetero) is 1. The third-order valence-corrected chi connectivity index (χ3v) is 16.4. The van der Waals surface area contributed by atoms with Gasteiger partial charge in [0.1, 0.15) is 49.5 Å². The van der Waals surface area contributed by atoms with Crippen LogP contribution in [0.1, 0.15) is 186 Å². The van der Waals surface area contributed by atoms with Gasteiger partial charge in [0, 0.05) is 64.4 Å². The number of ether oxygens (including phenoxy) is 4. The van der Waals surface area contributed by atoms with Gasteiger partial charge in [-0.1, -0.05) is 110 Å². The number of imidazole rings is 1. The summed E-state index contributed by atoms with van der Waals surface area (Å²) in [7, 11) is 0. The van der Waals surface area contributed by atoms with Crippen molar-refractivity contribution in [3.8, 4) is 0 Å². The summed E-state index contributed by atoms with van der Waals surface area (Å²) >= 11 is 0. The fraction of sp³-hybridized carbons (Fsp3) is 0.739. The maximum atomic E-state index is 13.8. The van der Waals surface area contributed by atoms with Gasteiger partial charge in [-0.15, -0.1) is 0 Å².